The van der Waals surface area contributed by atoms with Gasteiger partial charge < -0.3 is 8.75 Å². The van der Waals surface area contributed by atoms with Crippen molar-refractivity contribution < 1.29 is 12.6 Å². The van der Waals surface area contributed by atoms with Crippen LogP contribution in [-0.4, -0.2) is 23.7 Å². The average molecular weight is 232 g/mol. The summed E-state index contributed by atoms with van der Waals surface area (Å²) >= 11 is 0. The third kappa shape index (κ3) is 3.91. The smallest absolute Gasteiger partial charge is 0.312 e. The highest BCUT2D eigenvalue weighted by atomic mass is 32.2. The van der Waals surface area contributed by atoms with Gasteiger partial charge in [-0.05, 0) is 6.42 Å². The van der Waals surface area contributed by atoms with E-state index in [-0.39, 0.29) is 11.8 Å². The standard InChI is InChI=1S/C9H16N2O3S/c1-3-4-5-8-15(12,13)14-9-10-6-7-11(9)2/h6-7H,3-5,8H2,1-2H3. The van der Waals surface area contributed by atoms with E-state index in [4.69, 9.17) is 4.18 Å². The number of rotatable bonds is 6. The minimum atomic E-state index is -3.48. The van der Waals surface area contributed by atoms with Crippen LogP contribution in [0.4, 0.5) is 0 Å². The van der Waals surface area contributed by atoms with Crippen molar-refractivity contribution in [3.63, 3.8) is 0 Å². The van der Waals surface area contributed by atoms with E-state index in [1.54, 1.807) is 13.2 Å². The van der Waals surface area contributed by atoms with Crippen molar-refractivity contribution in [2.45, 2.75) is 26.2 Å². The molecule has 0 atom stereocenters. The predicted octanol–water partition coefficient (Wildman–Crippen LogP) is 1.32. The summed E-state index contributed by atoms with van der Waals surface area (Å²) in [6.45, 7) is 2.02. The molecule has 86 valence electrons. The van der Waals surface area contributed by atoms with Gasteiger partial charge in [0.15, 0.2) is 0 Å². The summed E-state index contributed by atoms with van der Waals surface area (Å²) in [5, 5.41) is 0. The number of aromatic nitrogens is 2. The monoisotopic (exact) mass is 232 g/mol. The predicted molar refractivity (Wildman–Crippen MR) is 57.1 cm³/mol. The van der Waals surface area contributed by atoms with Crippen molar-refractivity contribution in [3.8, 4) is 6.01 Å². The van der Waals surface area contributed by atoms with Gasteiger partial charge in [-0.2, -0.15) is 8.42 Å². The Balaban J connectivity index is 2.53. The number of hydrogen-bond acceptors (Lipinski definition) is 4. The maximum atomic E-state index is 11.4. The van der Waals surface area contributed by atoms with Crippen LogP contribution in [0.2, 0.25) is 0 Å². The highest BCUT2D eigenvalue weighted by Crippen LogP contribution is 2.09. The van der Waals surface area contributed by atoms with Gasteiger partial charge in [-0.3, -0.25) is 0 Å². The topological polar surface area (TPSA) is 61.2 Å². The Bertz CT molecular complexity index is 397. The fraction of sp³-hybridized carbons (Fsp3) is 0.667. The van der Waals surface area contributed by atoms with Gasteiger partial charge in [-0.15, -0.1) is 0 Å². The van der Waals surface area contributed by atoms with Gasteiger partial charge in [0, 0.05) is 19.4 Å². The van der Waals surface area contributed by atoms with Crippen molar-refractivity contribution in [1.29, 1.82) is 0 Å². The lowest BCUT2D eigenvalue weighted by atomic mass is 10.3. The lowest BCUT2D eigenvalue weighted by Gasteiger charge is -2.05. The first-order valence-corrected chi connectivity index (χ1v) is 6.52. The van der Waals surface area contributed by atoms with E-state index in [1.807, 2.05) is 6.92 Å². The second-order valence-electron chi connectivity index (χ2n) is 3.37. The van der Waals surface area contributed by atoms with Crippen molar-refractivity contribution in [2.24, 2.45) is 7.05 Å². The number of nitrogens with zero attached hydrogens (tertiary/aromatic N) is 2. The van der Waals surface area contributed by atoms with Gasteiger partial charge in [-0.1, -0.05) is 19.8 Å². The van der Waals surface area contributed by atoms with Crippen molar-refractivity contribution in [2.75, 3.05) is 5.75 Å². The summed E-state index contributed by atoms with van der Waals surface area (Å²) in [7, 11) is -1.80. The first-order chi connectivity index (χ1) is 7.05. The largest absolute Gasteiger partial charge is 0.345 e. The zero-order valence-electron chi connectivity index (χ0n) is 9.01. The number of imidazole rings is 1. The lowest BCUT2D eigenvalue weighted by molar-refractivity contribution is 0.450. The summed E-state index contributed by atoms with van der Waals surface area (Å²) in [6.07, 6.45) is 5.64. The Kier molecular flexibility index (Phi) is 4.14. The molecule has 0 saturated carbocycles. The molecule has 0 spiro atoms. The van der Waals surface area contributed by atoms with Crippen LogP contribution < -0.4 is 4.18 Å². The highest BCUT2D eigenvalue weighted by Gasteiger charge is 2.14. The van der Waals surface area contributed by atoms with Crippen LogP contribution in [-0.2, 0) is 17.2 Å². The molecule has 1 aromatic rings. The number of unbranched alkanes of at least 4 members (excludes halogenated alkanes) is 2. The Morgan fingerprint density at radius 3 is 2.73 bits per heavy atom. The Labute approximate surface area is 90.2 Å². The Hall–Kier alpha value is -1.04. The summed E-state index contributed by atoms with van der Waals surface area (Å²) in [6, 6.07) is 0.117. The number of aryl methyl sites for hydroxylation is 1. The second-order valence-corrected chi connectivity index (χ2v) is 5.06. The van der Waals surface area contributed by atoms with Gasteiger partial charge in [0.05, 0.1) is 5.75 Å². The van der Waals surface area contributed by atoms with Crippen LogP contribution in [0, 0.1) is 0 Å². The Morgan fingerprint density at radius 2 is 2.20 bits per heavy atom. The van der Waals surface area contributed by atoms with Gasteiger partial charge >= 0.3 is 16.1 Å². The van der Waals surface area contributed by atoms with Crippen molar-refractivity contribution in [3.05, 3.63) is 12.4 Å². The summed E-state index contributed by atoms with van der Waals surface area (Å²) in [4.78, 5) is 3.79. The Morgan fingerprint density at radius 1 is 1.47 bits per heavy atom. The molecule has 0 fully saturated rings. The van der Waals surface area contributed by atoms with E-state index < -0.39 is 10.1 Å². The van der Waals surface area contributed by atoms with Crippen LogP contribution in [0.15, 0.2) is 12.4 Å². The zero-order chi connectivity index (χ0) is 11.3. The van der Waals surface area contributed by atoms with Crippen LogP contribution in [0.5, 0.6) is 6.01 Å². The minimum absolute atomic E-state index is 0.0493. The molecule has 1 heterocycles. The van der Waals surface area contributed by atoms with Crippen LogP contribution in [0.3, 0.4) is 0 Å². The van der Waals surface area contributed by atoms with E-state index in [0.717, 1.165) is 12.8 Å². The highest BCUT2D eigenvalue weighted by molar-refractivity contribution is 7.87. The molecule has 6 heteroatoms. The molecular weight excluding hydrogens is 216 g/mol. The van der Waals surface area contributed by atoms with Crippen LogP contribution in [0.25, 0.3) is 0 Å². The quantitative estimate of drug-likeness (QED) is 0.548. The fourth-order valence-corrected chi connectivity index (χ4v) is 2.15. The molecule has 0 radical (unpaired) electrons. The van der Waals surface area contributed by atoms with Gasteiger partial charge in [0.1, 0.15) is 0 Å². The van der Waals surface area contributed by atoms with E-state index in [1.165, 1.54) is 10.8 Å². The summed E-state index contributed by atoms with van der Waals surface area (Å²) in [5.41, 5.74) is 0. The zero-order valence-corrected chi connectivity index (χ0v) is 9.83. The maximum Gasteiger partial charge on any atom is 0.312 e. The van der Waals surface area contributed by atoms with Gasteiger partial charge in [0.2, 0.25) is 0 Å². The van der Waals surface area contributed by atoms with E-state index in [2.05, 4.69) is 4.98 Å². The van der Waals surface area contributed by atoms with Crippen LogP contribution >= 0.6 is 0 Å². The molecule has 0 amide bonds. The molecule has 1 rings (SSSR count). The molecule has 0 unspecified atom stereocenters. The van der Waals surface area contributed by atoms with Gasteiger partial charge in [-0.25, -0.2) is 4.98 Å². The molecule has 0 bridgehead atoms. The first-order valence-electron chi connectivity index (χ1n) is 4.94. The average Bonchev–Trinajstić information content (AvgIpc) is 2.51. The third-order valence-corrected chi connectivity index (χ3v) is 3.17. The normalized spacial score (nSPS) is 11.6. The van der Waals surface area contributed by atoms with Crippen LogP contribution in [0.1, 0.15) is 26.2 Å². The van der Waals surface area contributed by atoms with Gasteiger partial charge in [0.25, 0.3) is 0 Å². The lowest BCUT2D eigenvalue weighted by Crippen LogP contribution is -2.15. The van der Waals surface area contributed by atoms with E-state index >= 15 is 0 Å². The molecule has 1 aromatic heterocycles. The molecule has 0 saturated heterocycles. The van der Waals surface area contributed by atoms with E-state index in [9.17, 15) is 8.42 Å². The van der Waals surface area contributed by atoms with E-state index in [0.29, 0.717) is 6.42 Å². The SMILES string of the molecule is CCCCCS(=O)(=O)Oc1nccn1C. The summed E-state index contributed by atoms with van der Waals surface area (Å²) < 4.78 is 29.3. The molecule has 5 nitrogen and oxygen atoms in total. The molecule has 0 N–H and O–H groups in total. The summed E-state index contributed by atoms with van der Waals surface area (Å²) in [5.74, 6) is 0.0493. The maximum absolute atomic E-state index is 11.4. The van der Waals surface area contributed by atoms with Crippen molar-refractivity contribution >= 4 is 10.1 Å². The molecule has 0 aromatic carbocycles. The molecule has 0 aliphatic rings. The second kappa shape index (κ2) is 5.16. The molecule has 0 aliphatic heterocycles. The third-order valence-electron chi connectivity index (χ3n) is 1.98. The first kappa shape index (κ1) is 12.0. The number of hydrogen-bond donors (Lipinski definition) is 0. The molecular formula is C9H16N2O3S. The molecule has 15 heavy (non-hydrogen) atoms. The fourth-order valence-electron chi connectivity index (χ4n) is 1.12. The molecule has 0 aliphatic carbocycles. The van der Waals surface area contributed by atoms with Crippen molar-refractivity contribution in [1.82, 2.24) is 9.55 Å². The minimum Gasteiger partial charge on any atom is -0.345 e.